The quantitative estimate of drug-likeness (QED) is 0.0514. The van der Waals surface area contributed by atoms with Crippen molar-refractivity contribution in [2.75, 3.05) is 103 Å². The molecule has 1 aliphatic rings. The molecule has 0 aliphatic heterocycles. The van der Waals surface area contributed by atoms with E-state index in [2.05, 4.69) is 258 Å². The molecule has 70 heavy (non-hydrogen) atoms. The third kappa shape index (κ3) is 14.8. The lowest BCUT2D eigenvalue weighted by molar-refractivity contribution is -0.519. The number of benzene rings is 5. The average molecular weight is 985 g/mol. The molecule has 0 N–H and O–H groups in total. The van der Waals surface area contributed by atoms with Crippen LogP contribution in [0.4, 0.5) is 28.4 Å². The molecule has 1 aliphatic carbocycles. The van der Waals surface area contributed by atoms with Crippen molar-refractivity contribution < 1.29 is 29.4 Å². The Hall–Kier alpha value is -5.43. The molecule has 5 aromatic rings. The lowest BCUT2D eigenvalue weighted by atomic mass is 9.85. The molecule has 0 atom stereocenters. The predicted octanol–water partition coefficient (Wildman–Crippen LogP) is 8.21. The molecule has 0 amide bonds. The van der Waals surface area contributed by atoms with Gasteiger partial charge in [0, 0.05) is 112 Å². The lowest BCUT2D eigenvalue weighted by Gasteiger charge is -2.25. The fourth-order valence-electron chi connectivity index (χ4n) is 9.76. The molecule has 6 nitrogen and oxygen atoms in total. The second kappa shape index (κ2) is 30.3. The largest absolute Gasteiger partial charge is 1.00 e. The molecular formula is C62H85Cl2N6-. The van der Waals surface area contributed by atoms with Crippen molar-refractivity contribution in [2.45, 2.75) is 89.0 Å². The van der Waals surface area contributed by atoms with Gasteiger partial charge in [-0.3, -0.25) is 0 Å². The van der Waals surface area contributed by atoms with E-state index in [9.17, 15) is 0 Å². The van der Waals surface area contributed by atoms with E-state index < -0.39 is 0 Å². The Kier molecular flexibility index (Phi) is 25.5. The smallest absolute Gasteiger partial charge is 0.199 e. The van der Waals surface area contributed by atoms with E-state index in [4.69, 9.17) is 0 Å². The zero-order valence-corrected chi connectivity index (χ0v) is 46.4. The van der Waals surface area contributed by atoms with Gasteiger partial charge in [-0.15, -0.1) is 0 Å². The van der Waals surface area contributed by atoms with Crippen molar-refractivity contribution in [1.82, 2.24) is 0 Å². The second-order valence-corrected chi connectivity index (χ2v) is 17.3. The lowest BCUT2D eigenvalue weighted by Crippen LogP contribution is -3.00. The summed E-state index contributed by atoms with van der Waals surface area (Å²) in [6.45, 7) is 38.9. The highest BCUT2D eigenvalue weighted by atomic mass is 35.5. The second-order valence-electron chi connectivity index (χ2n) is 17.3. The van der Waals surface area contributed by atoms with Crippen molar-refractivity contribution in [3.05, 3.63) is 179 Å². The summed E-state index contributed by atoms with van der Waals surface area (Å²) >= 11 is 0. The van der Waals surface area contributed by atoms with Gasteiger partial charge >= 0.3 is 0 Å². The fourth-order valence-corrected chi connectivity index (χ4v) is 9.76. The minimum atomic E-state index is 0. The molecule has 0 heterocycles. The summed E-state index contributed by atoms with van der Waals surface area (Å²) in [5.74, 6) is 0.210. The van der Waals surface area contributed by atoms with E-state index in [0.717, 1.165) is 78.5 Å². The van der Waals surface area contributed by atoms with Crippen LogP contribution in [0, 0.1) is 0 Å². The highest BCUT2D eigenvalue weighted by Crippen LogP contribution is 2.36. The number of halogens is 2. The van der Waals surface area contributed by atoms with E-state index in [1.54, 1.807) is 0 Å². The van der Waals surface area contributed by atoms with E-state index in [1.165, 1.54) is 73.1 Å². The normalized spacial score (nSPS) is 11.6. The minimum absolute atomic E-state index is 0. The third-order valence-corrected chi connectivity index (χ3v) is 13.9. The molecule has 378 valence electrons. The summed E-state index contributed by atoms with van der Waals surface area (Å²) in [5, 5.41) is 0. The van der Waals surface area contributed by atoms with Gasteiger partial charge in [0.2, 0.25) is 0 Å². The summed E-state index contributed by atoms with van der Waals surface area (Å²) in [7, 11) is 0. The Bertz CT molecular complexity index is 2150. The maximum Gasteiger partial charge on any atom is 0.199 e. The molecule has 5 aromatic carbocycles. The zero-order valence-electron chi connectivity index (χ0n) is 44.9. The monoisotopic (exact) mass is 984 g/mol. The Morgan fingerprint density at radius 3 is 0.771 bits per heavy atom. The highest BCUT2D eigenvalue weighted by Gasteiger charge is 2.19. The van der Waals surface area contributed by atoms with Gasteiger partial charge in [-0.1, -0.05) is 60.7 Å². The maximum absolute atomic E-state index is 2.40. The molecule has 0 radical (unpaired) electrons. The van der Waals surface area contributed by atoms with Crippen LogP contribution >= 0.6 is 0 Å². The highest BCUT2D eigenvalue weighted by molar-refractivity contribution is 6.04. The summed E-state index contributed by atoms with van der Waals surface area (Å²) in [5.41, 5.74) is 16.8. The van der Waals surface area contributed by atoms with Crippen LogP contribution in [-0.2, 0) is 0 Å². The fraction of sp³-hybridized carbons (Fsp3) is 0.403. The summed E-state index contributed by atoms with van der Waals surface area (Å²) in [6.07, 6.45) is 9.08. The summed E-state index contributed by atoms with van der Waals surface area (Å²) < 4.78 is 2.39. The van der Waals surface area contributed by atoms with Gasteiger partial charge in [-0.05, 0) is 195 Å². The number of nitrogens with zero attached hydrogens (tertiary/aromatic N) is 6. The van der Waals surface area contributed by atoms with Gasteiger partial charge in [0.1, 0.15) is 13.1 Å². The molecule has 0 saturated heterocycles. The average Bonchev–Trinajstić information content (AvgIpc) is 3.39. The van der Waals surface area contributed by atoms with Crippen molar-refractivity contribution in [3.8, 4) is 0 Å². The maximum atomic E-state index is 2.40. The minimum Gasteiger partial charge on any atom is -1.00 e. The Labute approximate surface area is 437 Å². The topological polar surface area (TPSA) is 19.2 Å². The van der Waals surface area contributed by atoms with Crippen molar-refractivity contribution in [1.29, 1.82) is 0 Å². The SMILES string of the molecule is CCN(CC)c1ccc(C(=C2C=CC(=[N+](CC)CC)C=C2)c2ccc(N(CC)CC)cc2)cc1.CCN(CC)c1ccc(C(c2ccc(N(CC)CC)cc2)c2ccc(N(CC)CC)cc2)cc1.[Cl-].[Cl-]. The van der Waals surface area contributed by atoms with Crippen LogP contribution in [0.1, 0.15) is 117 Å². The first-order valence-corrected chi connectivity index (χ1v) is 26.2. The van der Waals surface area contributed by atoms with Crippen LogP contribution in [0.5, 0.6) is 0 Å². The van der Waals surface area contributed by atoms with Gasteiger partial charge < -0.3 is 49.3 Å². The van der Waals surface area contributed by atoms with E-state index >= 15 is 0 Å². The molecule has 0 fully saturated rings. The molecule has 8 heteroatoms. The van der Waals surface area contributed by atoms with Crippen LogP contribution < -0.4 is 49.3 Å². The van der Waals surface area contributed by atoms with Crippen LogP contribution in [0.2, 0.25) is 0 Å². The summed E-state index contributed by atoms with van der Waals surface area (Å²) in [4.78, 5) is 12.0. The molecular weight excluding hydrogens is 900 g/mol. The standard InChI is InChI=1S/C31H43N3.C31H42N3.2ClH/c2*1-7-32(8-2)28-19-13-25(14-20-28)31(26-15-21-29(22-16-26)33(9-3)10-4)27-17-23-30(24-18-27)34(11-5)12-6;;/h13-24,31H,7-12H2,1-6H3;13-24H,7-12H2,1-6H3;2*1H/q;+1;;/p-2. The predicted molar refractivity (Wildman–Crippen MR) is 302 cm³/mol. The first-order valence-electron chi connectivity index (χ1n) is 26.2. The number of hydrogen-bond donors (Lipinski definition) is 0. The van der Waals surface area contributed by atoms with E-state index in [-0.39, 0.29) is 30.7 Å². The van der Waals surface area contributed by atoms with Crippen LogP contribution in [-0.4, -0.2) is 88.8 Å². The zero-order chi connectivity index (χ0) is 49.0. The number of hydrogen-bond acceptors (Lipinski definition) is 5. The summed E-state index contributed by atoms with van der Waals surface area (Å²) in [6, 6.07) is 45.7. The van der Waals surface area contributed by atoms with Gasteiger partial charge in [0.15, 0.2) is 5.71 Å². The molecule has 0 unspecified atom stereocenters. The van der Waals surface area contributed by atoms with Gasteiger partial charge in [-0.2, -0.15) is 0 Å². The number of allylic oxidation sites excluding steroid dienone is 5. The van der Waals surface area contributed by atoms with E-state index in [1.807, 2.05) is 0 Å². The number of rotatable bonds is 22. The first kappa shape index (κ1) is 58.9. The Morgan fingerprint density at radius 2 is 0.557 bits per heavy atom. The third-order valence-electron chi connectivity index (χ3n) is 13.9. The van der Waals surface area contributed by atoms with E-state index in [0.29, 0.717) is 0 Å². The van der Waals surface area contributed by atoms with Crippen molar-refractivity contribution >= 4 is 39.7 Å². The molecule has 0 saturated carbocycles. The van der Waals surface area contributed by atoms with Gasteiger partial charge in [-0.25, -0.2) is 4.58 Å². The van der Waals surface area contributed by atoms with Crippen molar-refractivity contribution in [2.24, 2.45) is 0 Å². The van der Waals surface area contributed by atoms with Crippen LogP contribution in [0.3, 0.4) is 0 Å². The first-order chi connectivity index (χ1) is 33.2. The van der Waals surface area contributed by atoms with Crippen LogP contribution in [0.15, 0.2) is 151 Å². The molecule has 0 bridgehead atoms. The Morgan fingerprint density at radius 1 is 0.329 bits per heavy atom. The number of anilines is 5. The van der Waals surface area contributed by atoms with Crippen LogP contribution in [0.25, 0.3) is 5.57 Å². The molecule has 0 spiro atoms. The Balaban J connectivity index is 0.000000360. The molecule has 6 rings (SSSR count). The van der Waals surface area contributed by atoms with Crippen molar-refractivity contribution in [3.63, 3.8) is 0 Å². The van der Waals surface area contributed by atoms with Gasteiger partial charge in [0.05, 0.1) is 0 Å². The van der Waals surface area contributed by atoms with Gasteiger partial charge in [0.25, 0.3) is 0 Å². The molecule has 0 aromatic heterocycles.